The molecule has 1 rings (SSSR count). The van der Waals surface area contributed by atoms with Crippen molar-refractivity contribution in [3.63, 3.8) is 0 Å². The molecular formula is C21H31NO9. The number of carbonyl (C=O) groups is 4. The van der Waals surface area contributed by atoms with Gasteiger partial charge in [-0.3, -0.25) is 9.59 Å². The molecule has 1 fully saturated rings. The zero-order valence-corrected chi connectivity index (χ0v) is 17.7. The van der Waals surface area contributed by atoms with E-state index >= 15 is 0 Å². The highest BCUT2D eigenvalue weighted by Gasteiger charge is 2.26. The quantitative estimate of drug-likeness (QED) is 0.132. The van der Waals surface area contributed by atoms with Gasteiger partial charge in [-0.1, -0.05) is 13.2 Å². The molecule has 1 heterocycles. The molecule has 31 heavy (non-hydrogen) atoms. The Morgan fingerprint density at radius 3 is 2.06 bits per heavy atom. The van der Waals surface area contributed by atoms with Gasteiger partial charge < -0.3 is 23.8 Å². The van der Waals surface area contributed by atoms with Gasteiger partial charge >= 0.3 is 23.9 Å². The molecule has 1 saturated heterocycles. The van der Waals surface area contributed by atoms with Crippen molar-refractivity contribution < 1.29 is 43.0 Å². The number of ether oxygens (including phenoxy) is 4. The maximum absolute atomic E-state index is 11.9. The van der Waals surface area contributed by atoms with Crippen LogP contribution >= 0.6 is 0 Å². The van der Waals surface area contributed by atoms with Crippen LogP contribution in [0.1, 0.15) is 51.4 Å². The second-order valence-electron chi connectivity index (χ2n) is 6.75. The van der Waals surface area contributed by atoms with Gasteiger partial charge in [-0.15, -0.1) is 5.48 Å². The number of esters is 3. The molecular weight excluding hydrogens is 410 g/mol. The largest absolute Gasteiger partial charge is 0.463 e. The number of carbonyl (C=O) groups excluding carboxylic acids is 4. The Labute approximate surface area is 181 Å². The lowest BCUT2D eigenvalue weighted by Crippen LogP contribution is -2.42. The SMILES string of the molecule is C=CC(=O)OCCCCC(=O)ONC1CC(OC(=O)CCCCOC(=O)C=C)CCO1. The van der Waals surface area contributed by atoms with E-state index in [2.05, 4.69) is 18.6 Å². The van der Waals surface area contributed by atoms with Crippen LogP contribution in [0.2, 0.25) is 0 Å². The molecule has 10 heteroatoms. The van der Waals surface area contributed by atoms with Crippen molar-refractivity contribution in [2.24, 2.45) is 0 Å². The molecule has 0 aromatic heterocycles. The molecule has 0 saturated carbocycles. The van der Waals surface area contributed by atoms with Crippen molar-refractivity contribution in [2.45, 2.75) is 63.7 Å². The molecule has 0 aliphatic carbocycles. The first-order valence-electron chi connectivity index (χ1n) is 10.3. The number of hydrogen-bond acceptors (Lipinski definition) is 10. The minimum atomic E-state index is -0.567. The first-order chi connectivity index (χ1) is 14.9. The Morgan fingerprint density at radius 1 is 0.903 bits per heavy atom. The van der Waals surface area contributed by atoms with Crippen molar-refractivity contribution in [2.75, 3.05) is 19.8 Å². The van der Waals surface area contributed by atoms with E-state index in [9.17, 15) is 19.2 Å². The van der Waals surface area contributed by atoms with Crippen LogP contribution < -0.4 is 5.48 Å². The highest BCUT2D eigenvalue weighted by molar-refractivity contribution is 5.81. The fraction of sp³-hybridized carbons (Fsp3) is 0.619. The number of unbranched alkanes of at least 4 members (excludes halogenated alkanes) is 2. The van der Waals surface area contributed by atoms with Gasteiger partial charge in [0.05, 0.1) is 19.8 Å². The van der Waals surface area contributed by atoms with E-state index in [4.69, 9.17) is 23.8 Å². The van der Waals surface area contributed by atoms with Gasteiger partial charge in [0.25, 0.3) is 0 Å². The van der Waals surface area contributed by atoms with Crippen molar-refractivity contribution in [1.82, 2.24) is 5.48 Å². The summed E-state index contributed by atoms with van der Waals surface area (Å²) in [5.74, 6) is -1.79. The average Bonchev–Trinajstić information content (AvgIpc) is 2.77. The van der Waals surface area contributed by atoms with Gasteiger partial charge in [0.2, 0.25) is 0 Å². The van der Waals surface area contributed by atoms with Gasteiger partial charge in [0.1, 0.15) is 12.3 Å². The summed E-state index contributed by atoms with van der Waals surface area (Å²) < 4.78 is 20.5. The maximum Gasteiger partial charge on any atom is 0.330 e. The Hall–Kier alpha value is -2.72. The average molecular weight is 441 g/mol. The fourth-order valence-electron chi connectivity index (χ4n) is 2.59. The smallest absolute Gasteiger partial charge is 0.330 e. The second-order valence-corrected chi connectivity index (χ2v) is 6.75. The highest BCUT2D eigenvalue weighted by Crippen LogP contribution is 2.17. The molecule has 0 radical (unpaired) electrons. The first-order valence-corrected chi connectivity index (χ1v) is 10.3. The Kier molecular flexibility index (Phi) is 13.6. The van der Waals surface area contributed by atoms with Crippen molar-refractivity contribution in [1.29, 1.82) is 0 Å². The van der Waals surface area contributed by atoms with Gasteiger partial charge in [-0.25, -0.2) is 9.59 Å². The van der Waals surface area contributed by atoms with Gasteiger partial charge in [0, 0.05) is 37.8 Å². The van der Waals surface area contributed by atoms with Crippen LogP contribution in [0.4, 0.5) is 0 Å². The van der Waals surface area contributed by atoms with E-state index in [0.29, 0.717) is 45.1 Å². The van der Waals surface area contributed by atoms with E-state index in [0.717, 1.165) is 12.2 Å². The molecule has 0 amide bonds. The van der Waals surface area contributed by atoms with Crippen molar-refractivity contribution >= 4 is 23.9 Å². The summed E-state index contributed by atoms with van der Waals surface area (Å²) in [6, 6.07) is 0. The predicted molar refractivity (Wildman–Crippen MR) is 108 cm³/mol. The number of hydrogen-bond donors (Lipinski definition) is 1. The molecule has 10 nitrogen and oxygen atoms in total. The van der Waals surface area contributed by atoms with Crippen LogP contribution in [0, 0.1) is 0 Å². The molecule has 1 N–H and O–H groups in total. The third kappa shape index (κ3) is 13.2. The maximum atomic E-state index is 11.9. The zero-order chi connectivity index (χ0) is 22.9. The number of rotatable bonds is 15. The topological polar surface area (TPSA) is 126 Å². The lowest BCUT2D eigenvalue weighted by atomic mass is 10.1. The van der Waals surface area contributed by atoms with E-state index < -0.39 is 24.1 Å². The predicted octanol–water partition coefficient (Wildman–Crippen LogP) is 1.88. The molecule has 0 spiro atoms. The Bertz CT molecular complexity index is 620. The minimum absolute atomic E-state index is 0.159. The molecule has 174 valence electrons. The van der Waals surface area contributed by atoms with Gasteiger partial charge in [-0.05, 0) is 25.7 Å². The number of hydroxylamine groups is 1. The van der Waals surface area contributed by atoms with E-state index in [-0.39, 0.29) is 38.1 Å². The van der Waals surface area contributed by atoms with Crippen LogP contribution in [-0.2, 0) is 43.0 Å². The lowest BCUT2D eigenvalue weighted by Gasteiger charge is -2.29. The fourth-order valence-corrected chi connectivity index (χ4v) is 2.59. The van der Waals surface area contributed by atoms with E-state index in [1.54, 1.807) is 0 Å². The van der Waals surface area contributed by atoms with Crippen LogP contribution in [0.3, 0.4) is 0 Å². The minimum Gasteiger partial charge on any atom is -0.463 e. The van der Waals surface area contributed by atoms with Gasteiger partial charge in [-0.2, -0.15) is 0 Å². The number of nitrogens with one attached hydrogen (secondary N) is 1. The summed E-state index contributed by atoms with van der Waals surface area (Å²) >= 11 is 0. The molecule has 0 bridgehead atoms. The van der Waals surface area contributed by atoms with Crippen LogP contribution in [-0.4, -0.2) is 56.0 Å². The molecule has 1 aliphatic rings. The normalized spacial score (nSPS) is 17.8. The molecule has 2 unspecified atom stereocenters. The lowest BCUT2D eigenvalue weighted by molar-refractivity contribution is -0.178. The summed E-state index contributed by atoms with van der Waals surface area (Å²) in [6.07, 6.45) is 4.68. The molecule has 2 atom stereocenters. The van der Waals surface area contributed by atoms with Crippen LogP contribution in [0.5, 0.6) is 0 Å². The summed E-state index contributed by atoms with van der Waals surface area (Å²) in [6.45, 7) is 7.39. The van der Waals surface area contributed by atoms with E-state index in [1.165, 1.54) is 0 Å². The molecule has 0 aromatic rings. The Balaban J connectivity index is 2.12. The molecule has 0 aromatic carbocycles. The van der Waals surface area contributed by atoms with Crippen molar-refractivity contribution in [3.8, 4) is 0 Å². The zero-order valence-electron chi connectivity index (χ0n) is 17.7. The third-order valence-electron chi connectivity index (χ3n) is 4.21. The highest BCUT2D eigenvalue weighted by atomic mass is 16.7. The third-order valence-corrected chi connectivity index (χ3v) is 4.21. The second kappa shape index (κ2) is 16.0. The summed E-state index contributed by atoms with van der Waals surface area (Å²) in [7, 11) is 0. The first kappa shape index (κ1) is 26.3. The van der Waals surface area contributed by atoms with Gasteiger partial charge in [0.15, 0.2) is 0 Å². The van der Waals surface area contributed by atoms with Crippen molar-refractivity contribution in [3.05, 3.63) is 25.3 Å². The Morgan fingerprint density at radius 2 is 1.48 bits per heavy atom. The molecule has 1 aliphatic heterocycles. The van der Waals surface area contributed by atoms with Crippen LogP contribution in [0.15, 0.2) is 25.3 Å². The standard InChI is InChI=1S/C21H31NO9/c1-3-18(23)28-12-7-5-9-20(25)30-16-11-14-27-17(15-16)22-31-21(26)10-6-8-13-29-19(24)4-2/h3-4,16-17,22H,1-2,5-15H2. The van der Waals surface area contributed by atoms with E-state index in [1.807, 2.05) is 0 Å². The monoisotopic (exact) mass is 441 g/mol. The summed E-state index contributed by atoms with van der Waals surface area (Å²) in [4.78, 5) is 50.5. The summed E-state index contributed by atoms with van der Waals surface area (Å²) in [5, 5.41) is 0. The summed E-state index contributed by atoms with van der Waals surface area (Å²) in [5.41, 5.74) is 2.55. The van der Waals surface area contributed by atoms with Crippen LogP contribution in [0.25, 0.3) is 0 Å².